The van der Waals surface area contributed by atoms with Gasteiger partial charge in [0.25, 0.3) is 0 Å². The van der Waals surface area contributed by atoms with Crippen LogP contribution >= 0.6 is 11.8 Å². The highest BCUT2D eigenvalue weighted by molar-refractivity contribution is 7.99. The zero-order chi connectivity index (χ0) is 11.4. The molecular weight excluding hydrogens is 221 g/mol. The largest absolute Gasteiger partial charge is 0.312 e. The monoisotopic (exact) mass is 239 g/mol. The first-order chi connectivity index (χ1) is 7.75. The van der Waals surface area contributed by atoms with E-state index in [0.29, 0.717) is 0 Å². The highest BCUT2D eigenvalue weighted by Crippen LogP contribution is 2.22. The lowest BCUT2D eigenvalue weighted by Gasteiger charge is -2.10. The first-order valence-electron chi connectivity index (χ1n) is 5.79. The van der Waals surface area contributed by atoms with Crippen LogP contribution in [0.5, 0.6) is 0 Å². The standard InChI is InChI=1S/C13H18FNS/c1-10-6-11(2-3-13(10)14)7-15-8-12-4-5-16-9-12/h2-3,6,12,15H,4-5,7-9H2,1H3. The summed E-state index contributed by atoms with van der Waals surface area (Å²) in [5.41, 5.74) is 1.90. The second-order valence-corrected chi connectivity index (χ2v) is 5.59. The fourth-order valence-electron chi connectivity index (χ4n) is 1.98. The van der Waals surface area contributed by atoms with Gasteiger partial charge in [-0.25, -0.2) is 4.39 Å². The van der Waals surface area contributed by atoms with Crippen LogP contribution in [-0.4, -0.2) is 18.1 Å². The average Bonchev–Trinajstić information content (AvgIpc) is 2.76. The lowest BCUT2D eigenvalue weighted by Crippen LogP contribution is -2.22. The molecule has 1 aromatic rings. The minimum Gasteiger partial charge on any atom is -0.312 e. The molecule has 2 rings (SSSR count). The van der Waals surface area contributed by atoms with E-state index in [4.69, 9.17) is 0 Å². The first-order valence-corrected chi connectivity index (χ1v) is 6.94. The average molecular weight is 239 g/mol. The molecule has 16 heavy (non-hydrogen) atoms. The molecule has 1 aliphatic heterocycles. The Morgan fingerprint density at radius 3 is 3.06 bits per heavy atom. The molecule has 3 heteroatoms. The molecule has 1 aromatic carbocycles. The van der Waals surface area contributed by atoms with Gasteiger partial charge in [0.05, 0.1) is 0 Å². The molecular formula is C13H18FNS. The van der Waals surface area contributed by atoms with E-state index in [1.165, 1.54) is 23.5 Å². The van der Waals surface area contributed by atoms with Crippen LogP contribution < -0.4 is 5.32 Å². The Labute approximate surface area is 101 Å². The second kappa shape index (κ2) is 5.69. The van der Waals surface area contributed by atoms with E-state index in [9.17, 15) is 4.39 Å². The summed E-state index contributed by atoms with van der Waals surface area (Å²) in [4.78, 5) is 0. The minimum atomic E-state index is -0.115. The lowest BCUT2D eigenvalue weighted by atomic mass is 10.1. The van der Waals surface area contributed by atoms with E-state index in [0.717, 1.165) is 24.6 Å². The van der Waals surface area contributed by atoms with E-state index in [-0.39, 0.29) is 5.82 Å². The van der Waals surface area contributed by atoms with Crippen LogP contribution in [0.2, 0.25) is 0 Å². The molecule has 1 atom stereocenters. The SMILES string of the molecule is Cc1cc(CNCC2CCSC2)ccc1F. The van der Waals surface area contributed by atoms with E-state index in [1.807, 2.05) is 30.8 Å². The first kappa shape index (κ1) is 11.9. The van der Waals surface area contributed by atoms with Crippen molar-refractivity contribution in [3.05, 3.63) is 35.1 Å². The van der Waals surface area contributed by atoms with Gasteiger partial charge in [-0.1, -0.05) is 12.1 Å². The Hall–Kier alpha value is -0.540. The molecule has 1 nitrogen and oxygen atoms in total. The highest BCUT2D eigenvalue weighted by atomic mass is 32.2. The van der Waals surface area contributed by atoms with Gasteiger partial charge >= 0.3 is 0 Å². The molecule has 1 aliphatic rings. The predicted octanol–water partition coefficient (Wildman–Crippen LogP) is 2.98. The Kier molecular flexibility index (Phi) is 4.24. The maximum atomic E-state index is 13.0. The predicted molar refractivity (Wildman–Crippen MR) is 68.3 cm³/mol. The molecule has 0 aromatic heterocycles. The van der Waals surface area contributed by atoms with E-state index in [2.05, 4.69) is 5.32 Å². The van der Waals surface area contributed by atoms with Crippen LogP contribution in [0.1, 0.15) is 17.5 Å². The van der Waals surface area contributed by atoms with Gasteiger partial charge in [0.2, 0.25) is 0 Å². The third-order valence-electron chi connectivity index (χ3n) is 3.01. The van der Waals surface area contributed by atoms with Crippen LogP contribution in [-0.2, 0) is 6.54 Å². The van der Waals surface area contributed by atoms with Crippen molar-refractivity contribution < 1.29 is 4.39 Å². The van der Waals surface area contributed by atoms with Gasteiger partial charge in [0, 0.05) is 6.54 Å². The second-order valence-electron chi connectivity index (χ2n) is 4.44. The van der Waals surface area contributed by atoms with E-state index in [1.54, 1.807) is 6.07 Å². The molecule has 1 heterocycles. The molecule has 88 valence electrons. The number of thioether (sulfide) groups is 1. The van der Waals surface area contributed by atoms with E-state index < -0.39 is 0 Å². The molecule has 1 fully saturated rings. The number of benzene rings is 1. The zero-order valence-corrected chi connectivity index (χ0v) is 10.4. The molecule has 0 radical (unpaired) electrons. The highest BCUT2D eigenvalue weighted by Gasteiger charge is 2.14. The summed E-state index contributed by atoms with van der Waals surface area (Å²) >= 11 is 2.04. The van der Waals surface area contributed by atoms with Crippen molar-refractivity contribution in [1.29, 1.82) is 0 Å². The van der Waals surface area contributed by atoms with Gasteiger partial charge in [-0.3, -0.25) is 0 Å². The number of nitrogens with one attached hydrogen (secondary N) is 1. The van der Waals surface area contributed by atoms with Gasteiger partial charge in [0.15, 0.2) is 0 Å². The zero-order valence-electron chi connectivity index (χ0n) is 9.63. The Bertz CT molecular complexity index is 348. The number of halogens is 1. The minimum absolute atomic E-state index is 0.115. The summed E-state index contributed by atoms with van der Waals surface area (Å²) in [5, 5.41) is 3.45. The van der Waals surface area contributed by atoms with Crippen LogP contribution in [0.15, 0.2) is 18.2 Å². The summed E-state index contributed by atoms with van der Waals surface area (Å²) in [6.45, 7) is 3.75. The van der Waals surface area contributed by atoms with Gasteiger partial charge in [-0.05, 0) is 54.5 Å². The maximum Gasteiger partial charge on any atom is 0.126 e. The summed E-state index contributed by atoms with van der Waals surface area (Å²) in [7, 11) is 0. The molecule has 1 saturated heterocycles. The van der Waals surface area contributed by atoms with Crippen molar-refractivity contribution in [3.8, 4) is 0 Å². The number of hydrogen-bond donors (Lipinski definition) is 1. The molecule has 0 amide bonds. The Morgan fingerprint density at radius 1 is 1.50 bits per heavy atom. The van der Waals surface area contributed by atoms with Gasteiger partial charge in [-0.2, -0.15) is 11.8 Å². The van der Waals surface area contributed by atoms with Crippen molar-refractivity contribution >= 4 is 11.8 Å². The molecule has 0 aliphatic carbocycles. The topological polar surface area (TPSA) is 12.0 Å². The number of hydrogen-bond acceptors (Lipinski definition) is 2. The maximum absolute atomic E-state index is 13.0. The Balaban J connectivity index is 1.78. The van der Waals surface area contributed by atoms with Crippen molar-refractivity contribution in [1.82, 2.24) is 5.32 Å². The van der Waals surface area contributed by atoms with Crippen molar-refractivity contribution in [3.63, 3.8) is 0 Å². The smallest absolute Gasteiger partial charge is 0.126 e. The van der Waals surface area contributed by atoms with E-state index >= 15 is 0 Å². The molecule has 0 spiro atoms. The van der Waals surface area contributed by atoms with Gasteiger partial charge < -0.3 is 5.32 Å². The van der Waals surface area contributed by atoms with Crippen LogP contribution in [0.25, 0.3) is 0 Å². The summed E-state index contributed by atoms with van der Waals surface area (Å²) < 4.78 is 13.0. The van der Waals surface area contributed by atoms with Crippen LogP contribution in [0, 0.1) is 18.7 Å². The molecule has 1 N–H and O–H groups in total. The molecule has 1 unspecified atom stereocenters. The molecule has 0 saturated carbocycles. The fraction of sp³-hybridized carbons (Fsp3) is 0.538. The van der Waals surface area contributed by atoms with Crippen molar-refractivity contribution in [2.24, 2.45) is 5.92 Å². The third kappa shape index (κ3) is 3.22. The third-order valence-corrected chi connectivity index (χ3v) is 4.24. The summed E-state index contributed by atoms with van der Waals surface area (Å²) in [6.07, 6.45) is 1.33. The van der Waals surface area contributed by atoms with Gasteiger partial charge in [-0.15, -0.1) is 0 Å². The lowest BCUT2D eigenvalue weighted by molar-refractivity contribution is 0.522. The van der Waals surface area contributed by atoms with Crippen molar-refractivity contribution in [2.75, 3.05) is 18.1 Å². The van der Waals surface area contributed by atoms with Crippen LogP contribution in [0.3, 0.4) is 0 Å². The number of rotatable bonds is 4. The Morgan fingerprint density at radius 2 is 2.38 bits per heavy atom. The van der Waals surface area contributed by atoms with Crippen molar-refractivity contribution in [2.45, 2.75) is 19.9 Å². The summed E-state index contributed by atoms with van der Waals surface area (Å²) in [6, 6.07) is 5.34. The summed E-state index contributed by atoms with van der Waals surface area (Å²) in [5.74, 6) is 3.31. The fourth-order valence-corrected chi connectivity index (χ4v) is 3.27. The molecule has 0 bridgehead atoms. The quantitative estimate of drug-likeness (QED) is 0.867. The number of aryl methyl sites for hydroxylation is 1. The van der Waals surface area contributed by atoms with Crippen LogP contribution in [0.4, 0.5) is 4.39 Å². The normalized spacial score (nSPS) is 20.2. The van der Waals surface area contributed by atoms with Gasteiger partial charge in [0.1, 0.15) is 5.82 Å².